The van der Waals surface area contributed by atoms with E-state index < -0.39 is 0 Å². The Morgan fingerprint density at radius 2 is 1.87 bits per heavy atom. The molecule has 0 saturated carbocycles. The lowest BCUT2D eigenvalue weighted by Gasteiger charge is -1.93. The van der Waals surface area contributed by atoms with Gasteiger partial charge in [0.2, 0.25) is 0 Å². The molecule has 0 atom stereocenters. The van der Waals surface area contributed by atoms with Gasteiger partial charge in [0, 0.05) is 0 Å². The summed E-state index contributed by atoms with van der Waals surface area (Å²) in [6.45, 7) is 4.00. The van der Waals surface area contributed by atoms with Gasteiger partial charge in [-0.05, 0) is 17.8 Å². The number of isothiocyanates is 1. The van der Waals surface area contributed by atoms with E-state index in [0.29, 0.717) is 6.42 Å². The van der Waals surface area contributed by atoms with Crippen LogP contribution in [0.15, 0.2) is 35.3 Å². The minimum Gasteiger partial charge on any atom is -0.271 e. The topological polar surface area (TPSA) is 29.4 Å². The fraction of sp³-hybridized carbons (Fsp3) is 0.333. The molecule has 0 spiro atoms. The maximum atomic E-state index is 10.9. The van der Waals surface area contributed by atoms with Gasteiger partial charge in [-0.1, -0.05) is 51.6 Å². The fourth-order valence-corrected chi connectivity index (χ4v) is 0.963. The lowest BCUT2D eigenvalue weighted by Crippen LogP contribution is -1.97. The van der Waals surface area contributed by atoms with E-state index in [0.717, 1.165) is 5.56 Å². The monoisotopic (exact) mass is 223 g/mol. The normalized spacial score (nSPS) is 7.33. The molecule has 1 amide bonds. The number of carbonyl (C=O) groups excluding carboxylic acids is 1. The Morgan fingerprint density at radius 3 is 2.33 bits per heavy atom. The van der Waals surface area contributed by atoms with E-state index in [2.05, 4.69) is 17.2 Å². The molecule has 0 radical (unpaired) electrons. The molecule has 0 unspecified atom stereocenters. The van der Waals surface area contributed by atoms with E-state index in [9.17, 15) is 4.79 Å². The van der Waals surface area contributed by atoms with E-state index in [4.69, 9.17) is 0 Å². The van der Waals surface area contributed by atoms with Crippen molar-refractivity contribution < 1.29 is 4.79 Å². The highest BCUT2D eigenvalue weighted by Gasteiger charge is 1.98. The Morgan fingerprint density at radius 1 is 1.33 bits per heavy atom. The number of carbonyl (C=O) groups is 1. The maximum Gasteiger partial charge on any atom is 0.258 e. The number of hydrogen-bond acceptors (Lipinski definition) is 2. The van der Waals surface area contributed by atoms with Gasteiger partial charge in [0.1, 0.15) is 0 Å². The molecule has 0 fully saturated rings. The highest BCUT2D eigenvalue weighted by molar-refractivity contribution is 7.78. The average Bonchev–Trinajstić information content (AvgIpc) is 2.22. The van der Waals surface area contributed by atoms with E-state index in [1.54, 1.807) is 0 Å². The smallest absolute Gasteiger partial charge is 0.258 e. The maximum absolute atomic E-state index is 10.9. The van der Waals surface area contributed by atoms with Crippen LogP contribution in [0.5, 0.6) is 0 Å². The molecule has 0 heterocycles. The van der Waals surface area contributed by atoms with Crippen molar-refractivity contribution >= 4 is 23.3 Å². The lowest BCUT2D eigenvalue weighted by atomic mass is 10.1. The summed E-state index contributed by atoms with van der Waals surface area (Å²) in [7, 11) is 0. The van der Waals surface area contributed by atoms with Gasteiger partial charge in [-0.2, -0.15) is 4.99 Å². The summed E-state index contributed by atoms with van der Waals surface area (Å²) in [5.41, 5.74) is 0.941. The lowest BCUT2D eigenvalue weighted by molar-refractivity contribution is -0.117. The van der Waals surface area contributed by atoms with Gasteiger partial charge in [-0.3, -0.25) is 4.79 Å². The van der Waals surface area contributed by atoms with Crippen LogP contribution in [0, 0.1) is 0 Å². The van der Waals surface area contributed by atoms with Crippen LogP contribution >= 0.6 is 12.2 Å². The molecular formula is C12H17NOS. The average molecular weight is 223 g/mol. The molecular weight excluding hydrogens is 206 g/mol. The summed E-state index contributed by atoms with van der Waals surface area (Å²) in [6, 6.07) is 9.40. The molecule has 0 saturated heterocycles. The first-order valence-corrected chi connectivity index (χ1v) is 4.88. The Bertz CT molecular complexity index is 316. The third-order valence-electron chi connectivity index (χ3n) is 1.37. The van der Waals surface area contributed by atoms with Gasteiger partial charge in [0.15, 0.2) is 0 Å². The Kier molecular flexibility index (Phi) is 11.6. The van der Waals surface area contributed by atoms with Gasteiger partial charge in [-0.25, -0.2) is 0 Å². The van der Waals surface area contributed by atoms with Crippen molar-refractivity contribution in [3.63, 3.8) is 0 Å². The molecule has 0 N–H and O–H groups in total. The predicted octanol–water partition coefficient (Wildman–Crippen LogP) is 3.52. The Balaban J connectivity index is 0. The number of amides is 1. The summed E-state index contributed by atoms with van der Waals surface area (Å²) in [5.74, 6) is -0.254. The molecule has 0 aliphatic carbocycles. The van der Waals surface area contributed by atoms with Gasteiger partial charge >= 0.3 is 0 Å². The molecule has 2 nitrogen and oxygen atoms in total. The van der Waals surface area contributed by atoms with Gasteiger partial charge < -0.3 is 0 Å². The third-order valence-corrected chi connectivity index (χ3v) is 1.46. The van der Waals surface area contributed by atoms with Crippen molar-refractivity contribution in [2.45, 2.75) is 27.7 Å². The van der Waals surface area contributed by atoms with Crippen molar-refractivity contribution in [3.05, 3.63) is 35.9 Å². The van der Waals surface area contributed by atoms with Crippen LogP contribution in [0.25, 0.3) is 0 Å². The van der Waals surface area contributed by atoms with Crippen molar-refractivity contribution in [2.24, 2.45) is 4.99 Å². The highest BCUT2D eigenvalue weighted by atomic mass is 32.1. The van der Waals surface area contributed by atoms with Crippen molar-refractivity contribution in [1.29, 1.82) is 0 Å². The zero-order valence-corrected chi connectivity index (χ0v) is 9.17. The van der Waals surface area contributed by atoms with Gasteiger partial charge in [0.25, 0.3) is 5.91 Å². The van der Waals surface area contributed by atoms with Crippen LogP contribution in [-0.2, 0) is 11.2 Å². The minimum absolute atomic E-state index is 0. The van der Waals surface area contributed by atoms with Gasteiger partial charge in [0.05, 0.1) is 11.6 Å². The number of aliphatic imine (C=N–C) groups is 1. The van der Waals surface area contributed by atoms with E-state index in [1.807, 2.05) is 49.3 Å². The second-order valence-corrected chi connectivity index (χ2v) is 2.44. The zero-order chi connectivity index (χ0) is 10.8. The molecule has 15 heavy (non-hydrogen) atoms. The molecule has 1 aromatic rings. The summed E-state index contributed by atoms with van der Waals surface area (Å²) in [5, 5.41) is 2.05. The van der Waals surface area contributed by atoms with E-state index >= 15 is 0 Å². The summed E-state index contributed by atoms with van der Waals surface area (Å²) >= 11 is 4.31. The Hall–Kier alpha value is -1.31. The molecule has 1 aromatic carbocycles. The molecule has 0 aliphatic rings. The number of thiocarbonyl (C=S) groups is 1. The van der Waals surface area contributed by atoms with Crippen molar-refractivity contribution in [3.8, 4) is 0 Å². The number of hydrogen-bond donors (Lipinski definition) is 0. The van der Waals surface area contributed by atoms with Gasteiger partial charge in [-0.15, -0.1) is 0 Å². The van der Waals surface area contributed by atoms with Crippen LogP contribution in [0.2, 0.25) is 0 Å². The summed E-state index contributed by atoms with van der Waals surface area (Å²) < 4.78 is 0. The summed E-state index contributed by atoms with van der Waals surface area (Å²) in [6.07, 6.45) is 0.296. The molecule has 0 aromatic heterocycles. The van der Waals surface area contributed by atoms with Crippen LogP contribution in [0.4, 0.5) is 0 Å². The standard InChI is InChI=1S/C9H7NOS.C2H6.CH4/c11-9(10-7-12)6-8-4-2-1-3-5-8;1-2;/h1-5H,6H2;1-2H3;1H4. The minimum atomic E-state index is -0.254. The quantitative estimate of drug-likeness (QED) is 0.567. The third kappa shape index (κ3) is 7.74. The number of nitrogens with zero attached hydrogens (tertiary/aromatic N) is 1. The zero-order valence-electron chi connectivity index (χ0n) is 8.36. The SMILES string of the molecule is C.CC.O=C(Cc1ccccc1)N=C=S. The van der Waals surface area contributed by atoms with Crippen LogP contribution < -0.4 is 0 Å². The van der Waals surface area contributed by atoms with E-state index in [-0.39, 0.29) is 13.3 Å². The van der Waals surface area contributed by atoms with Crippen molar-refractivity contribution in [2.75, 3.05) is 0 Å². The van der Waals surface area contributed by atoms with Crippen molar-refractivity contribution in [1.82, 2.24) is 0 Å². The molecule has 3 heteroatoms. The first-order valence-electron chi connectivity index (χ1n) is 4.47. The molecule has 1 rings (SSSR count). The number of rotatable bonds is 2. The largest absolute Gasteiger partial charge is 0.271 e. The van der Waals surface area contributed by atoms with Crippen LogP contribution in [-0.4, -0.2) is 11.1 Å². The molecule has 0 bridgehead atoms. The summed E-state index contributed by atoms with van der Waals surface area (Å²) in [4.78, 5) is 14.3. The van der Waals surface area contributed by atoms with Crippen LogP contribution in [0.3, 0.4) is 0 Å². The first-order chi connectivity index (χ1) is 6.83. The van der Waals surface area contributed by atoms with Crippen LogP contribution in [0.1, 0.15) is 26.8 Å². The second kappa shape index (κ2) is 10.8. The molecule has 0 aliphatic heterocycles. The predicted molar refractivity (Wildman–Crippen MR) is 68.3 cm³/mol. The van der Waals surface area contributed by atoms with E-state index in [1.165, 1.54) is 0 Å². The number of benzene rings is 1. The Labute approximate surface area is 97.0 Å². The fourth-order valence-electron chi connectivity index (χ4n) is 0.861. The first kappa shape index (κ1) is 16.1. The second-order valence-electron chi connectivity index (χ2n) is 2.26. The molecule has 82 valence electrons. The highest BCUT2D eigenvalue weighted by Crippen LogP contribution is 1.99.